The first kappa shape index (κ1) is 22.3. The number of methoxy groups -OCH3 is 1. The highest BCUT2D eigenvalue weighted by atomic mass is 16.5. The molecule has 0 aromatic heterocycles. The standard InChI is InChI=1S/C28H44O2/c1-18(2)9-7-10-19(3)23-12-13-24-21(11-8-14-27(23,24)5)15-26(30-6)28-17-22(28)16-25(29)20(28)4/h7,10,15,18-19,22-26,29H,4,8-9,11-14,16-17H2,1-3,5-6H3/b10-7+,21-15+/t19-,22?,23?,24?,25?,26?,27+,28?/m0/s1. The monoisotopic (exact) mass is 412 g/mol. The van der Waals surface area contributed by atoms with Crippen molar-refractivity contribution in [3.8, 4) is 0 Å². The van der Waals surface area contributed by atoms with Gasteiger partial charge in [-0.1, -0.05) is 58.1 Å². The minimum atomic E-state index is -0.328. The highest BCUT2D eigenvalue weighted by molar-refractivity contribution is 5.38. The van der Waals surface area contributed by atoms with Gasteiger partial charge in [-0.2, -0.15) is 0 Å². The van der Waals surface area contributed by atoms with Gasteiger partial charge < -0.3 is 9.84 Å². The summed E-state index contributed by atoms with van der Waals surface area (Å²) in [6.45, 7) is 13.9. The second-order valence-corrected chi connectivity index (χ2v) is 11.6. The smallest absolute Gasteiger partial charge is 0.0851 e. The molecule has 0 aliphatic heterocycles. The third-order valence-electron chi connectivity index (χ3n) is 9.51. The van der Waals surface area contributed by atoms with Crippen LogP contribution in [-0.2, 0) is 4.74 Å². The Morgan fingerprint density at radius 3 is 2.67 bits per heavy atom. The molecule has 6 unspecified atom stereocenters. The maximum absolute atomic E-state index is 10.3. The molecule has 2 nitrogen and oxygen atoms in total. The second kappa shape index (κ2) is 8.24. The lowest BCUT2D eigenvalue weighted by atomic mass is 9.61. The van der Waals surface area contributed by atoms with Crippen LogP contribution < -0.4 is 0 Å². The zero-order valence-corrected chi connectivity index (χ0v) is 20.0. The number of ether oxygens (including phenoxy) is 1. The minimum Gasteiger partial charge on any atom is -0.389 e. The van der Waals surface area contributed by atoms with Crippen molar-refractivity contribution in [1.29, 1.82) is 0 Å². The molecule has 0 saturated heterocycles. The van der Waals surface area contributed by atoms with Gasteiger partial charge in [0, 0.05) is 12.5 Å². The van der Waals surface area contributed by atoms with E-state index in [1.165, 1.54) is 38.5 Å². The van der Waals surface area contributed by atoms with Crippen LogP contribution in [0.15, 0.2) is 36.0 Å². The molecule has 0 heterocycles. The Labute approximate surface area is 184 Å². The summed E-state index contributed by atoms with van der Waals surface area (Å²) in [6, 6.07) is 0. The number of aliphatic hydroxyl groups excluding tert-OH is 1. The van der Waals surface area contributed by atoms with E-state index < -0.39 is 0 Å². The summed E-state index contributed by atoms with van der Waals surface area (Å²) in [5.74, 6) is 3.45. The van der Waals surface area contributed by atoms with Crippen molar-refractivity contribution in [3.63, 3.8) is 0 Å². The molecule has 0 spiro atoms. The van der Waals surface area contributed by atoms with E-state index in [1.807, 2.05) is 7.11 Å². The van der Waals surface area contributed by atoms with E-state index in [0.29, 0.717) is 23.2 Å². The van der Waals surface area contributed by atoms with E-state index in [9.17, 15) is 5.11 Å². The van der Waals surface area contributed by atoms with Crippen LogP contribution in [0, 0.1) is 40.4 Å². The van der Waals surface area contributed by atoms with Crippen molar-refractivity contribution in [3.05, 3.63) is 36.0 Å². The SMILES string of the molecule is C=C1C(O)CC2CC12C(/C=C1\CCC[C@@]2(C)C1CCC2[C@@H](C)/C=C/CC(C)C)OC. The third-order valence-corrected chi connectivity index (χ3v) is 9.51. The highest BCUT2D eigenvalue weighted by Crippen LogP contribution is 2.69. The molecule has 0 aromatic rings. The molecule has 2 heteroatoms. The van der Waals surface area contributed by atoms with Crippen LogP contribution in [0.4, 0.5) is 0 Å². The topological polar surface area (TPSA) is 29.5 Å². The summed E-state index contributed by atoms with van der Waals surface area (Å²) in [5.41, 5.74) is 3.10. The van der Waals surface area contributed by atoms with E-state index in [2.05, 4.69) is 52.5 Å². The average molecular weight is 413 g/mol. The Bertz CT molecular complexity index is 718. The van der Waals surface area contributed by atoms with Gasteiger partial charge in [0.25, 0.3) is 0 Å². The normalized spacial score (nSPS) is 44.0. The summed E-state index contributed by atoms with van der Waals surface area (Å²) < 4.78 is 6.07. The molecule has 0 radical (unpaired) electrons. The molecule has 0 bridgehead atoms. The molecular formula is C28H44O2. The Morgan fingerprint density at radius 1 is 1.27 bits per heavy atom. The molecule has 0 amide bonds. The Balaban J connectivity index is 1.53. The number of hydrogen-bond acceptors (Lipinski definition) is 2. The van der Waals surface area contributed by atoms with E-state index in [0.717, 1.165) is 30.3 Å². The molecule has 8 atom stereocenters. The maximum atomic E-state index is 10.3. The van der Waals surface area contributed by atoms with Crippen LogP contribution >= 0.6 is 0 Å². The average Bonchev–Trinajstić information content (AvgIpc) is 3.20. The van der Waals surface area contributed by atoms with Crippen LogP contribution in [0.2, 0.25) is 0 Å². The van der Waals surface area contributed by atoms with Gasteiger partial charge in [0.1, 0.15) is 0 Å². The van der Waals surface area contributed by atoms with Gasteiger partial charge in [-0.25, -0.2) is 0 Å². The van der Waals surface area contributed by atoms with Crippen molar-refractivity contribution < 1.29 is 9.84 Å². The first-order chi connectivity index (χ1) is 14.2. The predicted molar refractivity (Wildman–Crippen MR) is 125 cm³/mol. The summed E-state index contributed by atoms with van der Waals surface area (Å²) in [4.78, 5) is 0. The highest BCUT2D eigenvalue weighted by Gasteiger charge is 2.66. The number of allylic oxidation sites excluding steroid dienone is 3. The number of aliphatic hydroxyl groups is 1. The molecule has 4 saturated carbocycles. The predicted octanol–water partition coefficient (Wildman–Crippen LogP) is 6.71. The van der Waals surface area contributed by atoms with Gasteiger partial charge in [-0.05, 0) is 91.9 Å². The third kappa shape index (κ3) is 3.56. The van der Waals surface area contributed by atoms with Crippen molar-refractivity contribution >= 4 is 0 Å². The van der Waals surface area contributed by atoms with Crippen molar-refractivity contribution in [2.75, 3.05) is 7.11 Å². The molecular weight excluding hydrogens is 368 g/mol. The maximum Gasteiger partial charge on any atom is 0.0851 e. The fourth-order valence-electron chi connectivity index (χ4n) is 7.75. The van der Waals surface area contributed by atoms with Gasteiger partial charge in [-0.15, -0.1) is 0 Å². The summed E-state index contributed by atoms with van der Waals surface area (Å²) >= 11 is 0. The van der Waals surface area contributed by atoms with Crippen LogP contribution in [-0.4, -0.2) is 24.4 Å². The van der Waals surface area contributed by atoms with Crippen LogP contribution in [0.25, 0.3) is 0 Å². The van der Waals surface area contributed by atoms with Gasteiger partial charge in [0.2, 0.25) is 0 Å². The number of fused-ring (bicyclic) bond motifs is 2. The summed E-state index contributed by atoms with van der Waals surface area (Å²) in [5, 5.41) is 10.3. The molecule has 0 aromatic carbocycles. The van der Waals surface area contributed by atoms with Gasteiger partial charge in [-0.3, -0.25) is 0 Å². The quantitative estimate of drug-likeness (QED) is 0.471. The molecule has 4 fully saturated rings. The summed E-state index contributed by atoms with van der Waals surface area (Å²) in [6.07, 6.45) is 17.0. The van der Waals surface area contributed by atoms with Crippen molar-refractivity contribution in [2.45, 2.75) is 91.3 Å². The number of hydrogen-bond donors (Lipinski definition) is 1. The largest absolute Gasteiger partial charge is 0.389 e. The lowest BCUT2D eigenvalue weighted by Crippen LogP contribution is -2.36. The lowest BCUT2D eigenvalue weighted by Gasteiger charge is -2.44. The Morgan fingerprint density at radius 2 is 2.03 bits per heavy atom. The number of rotatable bonds is 7. The fraction of sp³-hybridized carbons (Fsp3) is 0.786. The minimum absolute atomic E-state index is 0.0138. The Hall–Kier alpha value is -0.860. The molecule has 30 heavy (non-hydrogen) atoms. The first-order valence-corrected chi connectivity index (χ1v) is 12.5. The van der Waals surface area contributed by atoms with Gasteiger partial charge >= 0.3 is 0 Å². The molecule has 4 aliphatic carbocycles. The lowest BCUT2D eigenvalue weighted by molar-refractivity contribution is 0.0797. The van der Waals surface area contributed by atoms with Crippen LogP contribution in [0.3, 0.4) is 0 Å². The van der Waals surface area contributed by atoms with Crippen molar-refractivity contribution in [2.24, 2.45) is 40.4 Å². The molecule has 4 aliphatic rings. The van der Waals surface area contributed by atoms with Crippen molar-refractivity contribution in [1.82, 2.24) is 0 Å². The van der Waals surface area contributed by atoms with E-state index in [1.54, 1.807) is 5.57 Å². The second-order valence-electron chi connectivity index (χ2n) is 11.6. The first-order valence-electron chi connectivity index (χ1n) is 12.5. The fourth-order valence-corrected chi connectivity index (χ4v) is 7.75. The van der Waals surface area contributed by atoms with Gasteiger partial charge in [0.05, 0.1) is 12.2 Å². The summed E-state index contributed by atoms with van der Waals surface area (Å²) in [7, 11) is 1.85. The molecule has 1 N–H and O–H groups in total. The Kier molecular flexibility index (Phi) is 6.14. The zero-order valence-electron chi connectivity index (χ0n) is 20.0. The van der Waals surface area contributed by atoms with E-state index >= 15 is 0 Å². The van der Waals surface area contributed by atoms with E-state index in [4.69, 9.17) is 4.74 Å². The van der Waals surface area contributed by atoms with Gasteiger partial charge in [0.15, 0.2) is 0 Å². The van der Waals surface area contributed by atoms with E-state index in [-0.39, 0.29) is 17.6 Å². The molecule has 4 rings (SSSR count). The molecule has 168 valence electrons. The van der Waals surface area contributed by atoms with Crippen LogP contribution in [0.5, 0.6) is 0 Å². The zero-order chi connectivity index (χ0) is 21.7. The van der Waals surface area contributed by atoms with Crippen LogP contribution in [0.1, 0.15) is 79.1 Å².